The second-order valence-electron chi connectivity index (χ2n) is 9.84. The summed E-state index contributed by atoms with van der Waals surface area (Å²) < 4.78 is 22.0. The first-order valence-corrected chi connectivity index (χ1v) is 13.9. The first-order chi connectivity index (χ1) is 20.3. The van der Waals surface area contributed by atoms with Crippen LogP contribution in [0, 0.1) is 5.82 Å². The van der Waals surface area contributed by atoms with E-state index in [2.05, 4.69) is 15.3 Å². The molecule has 6 rings (SSSR count). The van der Waals surface area contributed by atoms with Crippen LogP contribution in [0.4, 0.5) is 20.6 Å². The molecule has 13 heteroatoms. The number of aliphatic imine (C=N–C) groups is 1. The number of anilines is 2. The van der Waals surface area contributed by atoms with Crippen LogP contribution in [0.15, 0.2) is 70.6 Å². The number of carboxylic acid groups (broad SMARTS) is 1. The van der Waals surface area contributed by atoms with Crippen molar-refractivity contribution in [1.82, 2.24) is 15.0 Å². The minimum atomic E-state index is -1.66. The molecule has 42 heavy (non-hydrogen) atoms. The highest BCUT2D eigenvalue weighted by Gasteiger charge is 2.27. The van der Waals surface area contributed by atoms with E-state index in [9.17, 15) is 14.7 Å². The molecule has 0 saturated carbocycles. The van der Waals surface area contributed by atoms with Gasteiger partial charge in [-0.1, -0.05) is 35.3 Å². The molecule has 0 spiro atoms. The number of carbonyl (C=O) groups is 1. The van der Waals surface area contributed by atoms with E-state index in [1.54, 1.807) is 23.0 Å². The first-order valence-electron chi connectivity index (χ1n) is 13.1. The molecule has 0 unspecified atom stereocenters. The molecule has 10 nitrogen and oxygen atoms in total. The summed E-state index contributed by atoms with van der Waals surface area (Å²) >= 11 is 13.0. The van der Waals surface area contributed by atoms with Gasteiger partial charge in [0.2, 0.25) is 5.43 Å². The van der Waals surface area contributed by atoms with Crippen LogP contribution in [0.3, 0.4) is 0 Å². The molecular formula is C29H25Cl2FN6O4. The van der Waals surface area contributed by atoms with Crippen molar-refractivity contribution in [3.8, 4) is 11.4 Å². The van der Waals surface area contributed by atoms with E-state index in [1.807, 2.05) is 46.3 Å². The number of hydrogen-bond acceptors (Lipinski definition) is 8. The summed E-state index contributed by atoms with van der Waals surface area (Å²) in [6, 6.07) is 16.0. The predicted molar refractivity (Wildman–Crippen MR) is 161 cm³/mol. The zero-order chi connectivity index (χ0) is 29.4. The zero-order valence-corrected chi connectivity index (χ0v) is 23.6. The molecule has 2 aliphatic heterocycles. The van der Waals surface area contributed by atoms with E-state index in [1.165, 1.54) is 6.20 Å². The third kappa shape index (κ3) is 5.46. The van der Waals surface area contributed by atoms with Gasteiger partial charge in [-0.2, -0.15) is 0 Å². The number of rotatable bonds is 6. The Morgan fingerprint density at radius 3 is 2.31 bits per heavy atom. The lowest BCUT2D eigenvalue weighted by Gasteiger charge is -2.38. The van der Waals surface area contributed by atoms with Crippen molar-refractivity contribution >= 4 is 58.0 Å². The van der Waals surface area contributed by atoms with E-state index in [-0.39, 0.29) is 21.6 Å². The van der Waals surface area contributed by atoms with Crippen molar-refractivity contribution in [2.24, 2.45) is 4.99 Å². The number of nitrogens with zero attached hydrogens (tertiary/aromatic N) is 5. The third-order valence-electron chi connectivity index (χ3n) is 7.26. The zero-order valence-electron chi connectivity index (χ0n) is 22.1. The van der Waals surface area contributed by atoms with Gasteiger partial charge in [0.25, 0.3) is 0 Å². The number of fused-ring (bicyclic) bond motifs is 1. The summed E-state index contributed by atoms with van der Waals surface area (Å²) in [5.74, 6) is -1.14. The monoisotopic (exact) mass is 610 g/mol. The molecule has 3 aromatic carbocycles. The van der Waals surface area contributed by atoms with Crippen LogP contribution < -0.4 is 25.4 Å². The standard InChI is InChI=1S/C29H25Cl2FN6O4/c30-19-3-7-20(8-4-19)35-9-11-36(12-10-35)27-23(32)13-22-26(25(27)31)38(15-24(28(22)39)42-29(40)41)21-5-1-18(2-6-21)14-37-17-33-16-34-37/h1-8,13,15,17,34H,9-12,14,16H2,(H,40,41). The number of hydrazine groups is 1. The molecule has 0 amide bonds. The average Bonchev–Trinajstić information content (AvgIpc) is 3.49. The Kier molecular flexibility index (Phi) is 7.63. The first kappa shape index (κ1) is 27.8. The number of hydrogen-bond donors (Lipinski definition) is 2. The summed E-state index contributed by atoms with van der Waals surface area (Å²) in [6.45, 7) is 3.29. The van der Waals surface area contributed by atoms with Crippen LogP contribution in [0.5, 0.6) is 5.75 Å². The van der Waals surface area contributed by atoms with Gasteiger partial charge >= 0.3 is 6.16 Å². The van der Waals surface area contributed by atoms with Crippen molar-refractivity contribution in [3.05, 3.63) is 92.4 Å². The van der Waals surface area contributed by atoms with E-state index >= 15 is 4.39 Å². The molecule has 0 bridgehead atoms. The normalized spacial score (nSPS) is 15.1. The highest BCUT2D eigenvalue weighted by atomic mass is 35.5. The molecule has 1 saturated heterocycles. The fourth-order valence-electron chi connectivity index (χ4n) is 5.25. The van der Waals surface area contributed by atoms with Crippen LogP contribution in [0.25, 0.3) is 16.6 Å². The van der Waals surface area contributed by atoms with Gasteiger partial charge in [0.1, 0.15) is 18.8 Å². The number of nitrogens with one attached hydrogen (secondary N) is 1. The number of benzene rings is 3. The van der Waals surface area contributed by atoms with Gasteiger partial charge in [0.15, 0.2) is 5.75 Å². The van der Waals surface area contributed by atoms with Crippen molar-refractivity contribution < 1.29 is 19.0 Å². The molecule has 1 fully saturated rings. The quantitative estimate of drug-likeness (QED) is 0.290. The Morgan fingerprint density at radius 2 is 1.67 bits per heavy atom. The maximum Gasteiger partial charge on any atom is 0.511 e. The van der Waals surface area contributed by atoms with Gasteiger partial charge in [0.05, 0.1) is 34.4 Å². The maximum absolute atomic E-state index is 15.7. The minimum absolute atomic E-state index is 0.0467. The number of piperazine rings is 1. The van der Waals surface area contributed by atoms with E-state index < -0.39 is 23.2 Å². The minimum Gasteiger partial charge on any atom is -0.449 e. The van der Waals surface area contributed by atoms with Crippen LogP contribution in [0.2, 0.25) is 10.0 Å². The Morgan fingerprint density at radius 1 is 1.00 bits per heavy atom. The molecule has 4 aromatic rings. The summed E-state index contributed by atoms with van der Waals surface area (Å²) in [7, 11) is 0. The molecule has 2 aliphatic rings. The Labute approximate surface area is 249 Å². The van der Waals surface area contributed by atoms with Crippen molar-refractivity contribution in [3.63, 3.8) is 0 Å². The molecule has 2 N–H and O–H groups in total. The Bertz CT molecular complexity index is 1740. The molecular weight excluding hydrogens is 586 g/mol. The predicted octanol–water partition coefficient (Wildman–Crippen LogP) is 5.13. The van der Waals surface area contributed by atoms with Gasteiger partial charge in [-0.15, -0.1) is 0 Å². The van der Waals surface area contributed by atoms with Crippen LogP contribution in [-0.4, -0.2) is 60.0 Å². The van der Waals surface area contributed by atoms with E-state index in [0.717, 1.165) is 17.3 Å². The molecule has 1 aromatic heterocycles. The molecule has 0 atom stereocenters. The Hall–Kier alpha value is -4.32. The lowest BCUT2D eigenvalue weighted by atomic mass is 10.1. The summed E-state index contributed by atoms with van der Waals surface area (Å²) in [5.41, 5.74) is 5.32. The number of pyridine rings is 1. The summed E-state index contributed by atoms with van der Waals surface area (Å²) in [6.07, 6.45) is 1.33. The van der Waals surface area contributed by atoms with Crippen molar-refractivity contribution in [2.75, 3.05) is 42.6 Å². The van der Waals surface area contributed by atoms with Gasteiger partial charge in [0, 0.05) is 42.6 Å². The fraction of sp³-hybridized carbons (Fsp3) is 0.207. The van der Waals surface area contributed by atoms with Gasteiger partial charge in [-0.05, 0) is 48.0 Å². The average molecular weight is 611 g/mol. The van der Waals surface area contributed by atoms with Gasteiger partial charge < -0.3 is 24.2 Å². The highest BCUT2D eigenvalue weighted by Crippen LogP contribution is 2.38. The second-order valence-corrected chi connectivity index (χ2v) is 10.7. The van der Waals surface area contributed by atoms with Crippen LogP contribution >= 0.6 is 23.2 Å². The molecule has 3 heterocycles. The van der Waals surface area contributed by atoms with E-state index in [0.29, 0.717) is 50.1 Å². The van der Waals surface area contributed by atoms with Crippen LogP contribution in [0.1, 0.15) is 5.56 Å². The van der Waals surface area contributed by atoms with Crippen LogP contribution in [-0.2, 0) is 6.54 Å². The van der Waals surface area contributed by atoms with E-state index in [4.69, 9.17) is 27.9 Å². The number of ether oxygens (including phenoxy) is 1. The lowest BCUT2D eigenvalue weighted by molar-refractivity contribution is 0.144. The smallest absolute Gasteiger partial charge is 0.449 e. The van der Waals surface area contributed by atoms with Crippen molar-refractivity contribution in [1.29, 1.82) is 0 Å². The summed E-state index contributed by atoms with van der Waals surface area (Å²) in [5, 5.41) is 11.7. The number of aromatic nitrogens is 1. The maximum atomic E-state index is 15.7. The number of halogens is 3. The Balaban J connectivity index is 1.39. The fourth-order valence-corrected chi connectivity index (χ4v) is 5.78. The van der Waals surface area contributed by atoms with Crippen molar-refractivity contribution in [2.45, 2.75) is 6.54 Å². The SMILES string of the molecule is O=C(O)Oc1cn(-c2ccc(CN3C=NCN3)cc2)c2c(Cl)c(N3CCN(c4ccc(Cl)cc4)CC3)c(F)cc2c1=O. The molecule has 216 valence electrons. The highest BCUT2D eigenvalue weighted by molar-refractivity contribution is 6.38. The molecule has 0 radical (unpaired) electrons. The second kappa shape index (κ2) is 11.5. The summed E-state index contributed by atoms with van der Waals surface area (Å²) in [4.78, 5) is 32.7. The molecule has 0 aliphatic carbocycles. The third-order valence-corrected chi connectivity index (χ3v) is 7.87. The van der Waals surface area contributed by atoms with Gasteiger partial charge in [-0.3, -0.25) is 14.8 Å². The van der Waals surface area contributed by atoms with Gasteiger partial charge in [-0.25, -0.2) is 14.6 Å². The lowest BCUT2D eigenvalue weighted by Crippen LogP contribution is -2.47. The largest absolute Gasteiger partial charge is 0.511 e. The topological polar surface area (TPSA) is 103 Å².